The lowest BCUT2D eigenvalue weighted by Gasteiger charge is -2.35. The molecule has 1 aliphatic rings. The third-order valence-electron chi connectivity index (χ3n) is 3.65. The first-order chi connectivity index (χ1) is 10.8. The number of piperazine rings is 1. The summed E-state index contributed by atoms with van der Waals surface area (Å²) >= 11 is 0. The Kier molecular flexibility index (Phi) is 4.13. The van der Waals surface area contributed by atoms with E-state index < -0.39 is 0 Å². The molecule has 0 saturated carbocycles. The van der Waals surface area contributed by atoms with Crippen LogP contribution in [-0.2, 0) is 0 Å². The standard InChI is InChI=1S/C15H17N5O2/c1-22-14-3-2-13(10-16-14)19-4-6-20(7-5-19)15-17-8-12(11-21)9-18-15/h2-3,8-11H,4-7H2,1H3. The van der Waals surface area contributed by atoms with Gasteiger partial charge in [0.05, 0.1) is 24.6 Å². The minimum atomic E-state index is 0.492. The van der Waals surface area contributed by atoms with Crippen LogP contribution in [0.3, 0.4) is 0 Å². The van der Waals surface area contributed by atoms with Crippen molar-refractivity contribution >= 4 is 17.9 Å². The van der Waals surface area contributed by atoms with Crippen LogP contribution in [0.25, 0.3) is 0 Å². The highest BCUT2D eigenvalue weighted by atomic mass is 16.5. The fourth-order valence-corrected chi connectivity index (χ4v) is 2.40. The van der Waals surface area contributed by atoms with Gasteiger partial charge in [-0.15, -0.1) is 0 Å². The van der Waals surface area contributed by atoms with Gasteiger partial charge in [-0.25, -0.2) is 15.0 Å². The molecule has 0 aromatic carbocycles. The van der Waals surface area contributed by atoms with Crippen LogP contribution in [0.1, 0.15) is 10.4 Å². The van der Waals surface area contributed by atoms with Gasteiger partial charge < -0.3 is 14.5 Å². The Morgan fingerprint density at radius 3 is 2.23 bits per heavy atom. The number of aldehydes is 1. The minimum Gasteiger partial charge on any atom is -0.481 e. The van der Waals surface area contributed by atoms with Gasteiger partial charge in [0.1, 0.15) is 0 Å². The molecule has 3 rings (SSSR count). The number of carbonyl (C=O) groups excluding carboxylic acids is 1. The molecule has 2 aromatic heterocycles. The number of rotatable bonds is 4. The normalized spacial score (nSPS) is 14.8. The maximum Gasteiger partial charge on any atom is 0.225 e. The van der Waals surface area contributed by atoms with Crippen LogP contribution in [0.2, 0.25) is 0 Å². The van der Waals surface area contributed by atoms with Crippen molar-refractivity contribution in [2.24, 2.45) is 0 Å². The first-order valence-corrected chi connectivity index (χ1v) is 7.07. The van der Waals surface area contributed by atoms with E-state index in [4.69, 9.17) is 4.74 Å². The van der Waals surface area contributed by atoms with Gasteiger partial charge in [0.25, 0.3) is 0 Å². The van der Waals surface area contributed by atoms with Crippen molar-refractivity contribution in [2.45, 2.75) is 0 Å². The maximum atomic E-state index is 10.6. The van der Waals surface area contributed by atoms with Crippen LogP contribution in [0, 0.1) is 0 Å². The third kappa shape index (κ3) is 2.98. The van der Waals surface area contributed by atoms with Gasteiger partial charge >= 0.3 is 0 Å². The fraction of sp³-hybridized carbons (Fsp3) is 0.333. The number of hydrogen-bond acceptors (Lipinski definition) is 7. The Bertz CT molecular complexity index is 621. The van der Waals surface area contributed by atoms with E-state index >= 15 is 0 Å². The second kappa shape index (κ2) is 6.38. The van der Waals surface area contributed by atoms with Crippen LogP contribution in [0.15, 0.2) is 30.7 Å². The highest BCUT2D eigenvalue weighted by molar-refractivity contribution is 5.73. The lowest BCUT2D eigenvalue weighted by molar-refractivity contribution is 0.112. The zero-order valence-electron chi connectivity index (χ0n) is 12.3. The molecule has 114 valence electrons. The van der Waals surface area contributed by atoms with Crippen molar-refractivity contribution in [3.8, 4) is 5.88 Å². The van der Waals surface area contributed by atoms with E-state index in [1.807, 2.05) is 18.3 Å². The second-order valence-corrected chi connectivity index (χ2v) is 4.97. The summed E-state index contributed by atoms with van der Waals surface area (Å²) < 4.78 is 5.07. The molecule has 0 aliphatic carbocycles. The molecule has 1 saturated heterocycles. The first kappa shape index (κ1) is 14.2. The lowest BCUT2D eigenvalue weighted by atomic mass is 10.3. The smallest absolute Gasteiger partial charge is 0.225 e. The number of ether oxygens (including phenoxy) is 1. The molecule has 1 aliphatic heterocycles. The molecule has 1 fully saturated rings. The van der Waals surface area contributed by atoms with Crippen LogP contribution >= 0.6 is 0 Å². The molecule has 3 heterocycles. The Balaban J connectivity index is 1.62. The Morgan fingerprint density at radius 2 is 1.68 bits per heavy atom. The highest BCUT2D eigenvalue weighted by Gasteiger charge is 2.19. The van der Waals surface area contributed by atoms with E-state index in [-0.39, 0.29) is 0 Å². The monoisotopic (exact) mass is 299 g/mol. The third-order valence-corrected chi connectivity index (χ3v) is 3.65. The summed E-state index contributed by atoms with van der Waals surface area (Å²) in [5.74, 6) is 1.28. The molecule has 0 bridgehead atoms. The summed E-state index contributed by atoms with van der Waals surface area (Å²) in [6, 6.07) is 3.87. The number of anilines is 2. The molecule has 0 atom stereocenters. The molecule has 0 radical (unpaired) electrons. The Morgan fingerprint density at radius 1 is 1.00 bits per heavy atom. The summed E-state index contributed by atoms with van der Waals surface area (Å²) in [4.78, 5) is 27.7. The first-order valence-electron chi connectivity index (χ1n) is 7.07. The molecule has 22 heavy (non-hydrogen) atoms. The number of pyridine rings is 1. The summed E-state index contributed by atoms with van der Waals surface area (Å²) in [6.45, 7) is 3.39. The van der Waals surface area contributed by atoms with Gasteiger partial charge in [-0.1, -0.05) is 0 Å². The number of carbonyl (C=O) groups is 1. The summed E-state index contributed by atoms with van der Waals surface area (Å²) in [5.41, 5.74) is 1.57. The summed E-state index contributed by atoms with van der Waals surface area (Å²) in [7, 11) is 1.61. The largest absolute Gasteiger partial charge is 0.481 e. The zero-order chi connectivity index (χ0) is 15.4. The van der Waals surface area contributed by atoms with Gasteiger partial charge in [-0.3, -0.25) is 4.79 Å². The van der Waals surface area contributed by atoms with E-state index in [0.29, 0.717) is 17.4 Å². The molecule has 7 nitrogen and oxygen atoms in total. The van der Waals surface area contributed by atoms with Crippen molar-refractivity contribution < 1.29 is 9.53 Å². The van der Waals surface area contributed by atoms with Gasteiger partial charge in [0.2, 0.25) is 11.8 Å². The molecule has 0 unspecified atom stereocenters. The number of hydrogen-bond donors (Lipinski definition) is 0. The van der Waals surface area contributed by atoms with Gasteiger partial charge in [-0.05, 0) is 6.07 Å². The minimum absolute atomic E-state index is 0.492. The maximum absolute atomic E-state index is 10.6. The molecule has 0 spiro atoms. The van der Waals surface area contributed by atoms with E-state index in [1.165, 1.54) is 0 Å². The van der Waals surface area contributed by atoms with Crippen molar-refractivity contribution in [3.05, 3.63) is 36.3 Å². The van der Waals surface area contributed by atoms with E-state index in [0.717, 1.165) is 38.2 Å². The average Bonchev–Trinajstić information content (AvgIpc) is 2.62. The van der Waals surface area contributed by atoms with E-state index in [2.05, 4.69) is 24.8 Å². The Labute approximate surface area is 128 Å². The van der Waals surface area contributed by atoms with Gasteiger partial charge in [0, 0.05) is 44.6 Å². The lowest BCUT2D eigenvalue weighted by Crippen LogP contribution is -2.47. The van der Waals surface area contributed by atoms with E-state index in [9.17, 15) is 4.79 Å². The topological polar surface area (TPSA) is 71.5 Å². The quantitative estimate of drug-likeness (QED) is 0.780. The fourth-order valence-electron chi connectivity index (χ4n) is 2.40. The predicted octanol–water partition coefficient (Wildman–Crippen LogP) is 1.02. The molecular weight excluding hydrogens is 282 g/mol. The van der Waals surface area contributed by atoms with Crippen LogP contribution < -0.4 is 14.5 Å². The van der Waals surface area contributed by atoms with Gasteiger partial charge in [0.15, 0.2) is 6.29 Å². The van der Waals surface area contributed by atoms with Crippen LogP contribution in [0.4, 0.5) is 11.6 Å². The number of methoxy groups -OCH3 is 1. The second-order valence-electron chi connectivity index (χ2n) is 4.97. The Hall–Kier alpha value is -2.70. The van der Waals surface area contributed by atoms with Gasteiger partial charge in [-0.2, -0.15) is 0 Å². The average molecular weight is 299 g/mol. The van der Waals surface area contributed by atoms with Crippen molar-refractivity contribution in [3.63, 3.8) is 0 Å². The number of nitrogens with zero attached hydrogens (tertiary/aromatic N) is 5. The molecular formula is C15H17N5O2. The molecule has 2 aromatic rings. The van der Waals surface area contributed by atoms with Crippen LogP contribution in [-0.4, -0.2) is 54.5 Å². The van der Waals surface area contributed by atoms with Crippen LogP contribution in [0.5, 0.6) is 5.88 Å². The number of aromatic nitrogens is 3. The molecule has 0 amide bonds. The van der Waals surface area contributed by atoms with Crippen molar-refractivity contribution in [1.29, 1.82) is 0 Å². The highest BCUT2D eigenvalue weighted by Crippen LogP contribution is 2.19. The van der Waals surface area contributed by atoms with Crippen molar-refractivity contribution in [1.82, 2.24) is 15.0 Å². The SMILES string of the molecule is COc1ccc(N2CCN(c3ncc(C=O)cn3)CC2)cn1. The molecule has 7 heteroatoms. The predicted molar refractivity (Wildman–Crippen MR) is 82.6 cm³/mol. The summed E-state index contributed by atoms with van der Waals surface area (Å²) in [6.07, 6.45) is 5.67. The summed E-state index contributed by atoms with van der Waals surface area (Å²) in [5, 5.41) is 0. The molecule has 0 N–H and O–H groups in total. The zero-order valence-corrected chi connectivity index (χ0v) is 12.3. The van der Waals surface area contributed by atoms with Crippen molar-refractivity contribution in [2.75, 3.05) is 43.1 Å². The van der Waals surface area contributed by atoms with E-state index in [1.54, 1.807) is 19.5 Å².